The van der Waals surface area contributed by atoms with Crippen LogP contribution >= 0.6 is 0 Å². The van der Waals surface area contributed by atoms with Crippen LogP contribution in [-0.2, 0) is 9.53 Å². The molecule has 1 rings (SSSR count). The summed E-state index contributed by atoms with van der Waals surface area (Å²) in [6, 6.07) is 0.599. The summed E-state index contributed by atoms with van der Waals surface area (Å²) in [5, 5.41) is 9.64. The van der Waals surface area contributed by atoms with E-state index in [4.69, 9.17) is 4.74 Å². The lowest BCUT2D eigenvalue weighted by Crippen LogP contribution is -2.42. The Hall–Kier alpha value is -0.610. The molecule has 4 heteroatoms. The maximum Gasteiger partial charge on any atom is 0.308 e. The van der Waals surface area contributed by atoms with Crippen LogP contribution in [0.2, 0.25) is 0 Å². The molecule has 0 radical (unpaired) electrons. The highest BCUT2D eigenvalue weighted by Gasteiger charge is 2.24. The van der Waals surface area contributed by atoms with E-state index in [1.54, 1.807) is 6.92 Å². The summed E-state index contributed by atoms with van der Waals surface area (Å²) < 4.78 is 4.78. The maximum atomic E-state index is 11.1. The molecule has 4 nitrogen and oxygen atoms in total. The molecule has 0 heterocycles. The van der Waals surface area contributed by atoms with Crippen LogP contribution in [0.25, 0.3) is 0 Å². The number of nitrogens with zero attached hydrogens (tertiary/aromatic N) is 1. The minimum Gasteiger partial charge on any atom is -0.466 e. The molecular weight excluding hydrogens is 194 g/mol. The first-order valence-electron chi connectivity index (χ1n) is 5.67. The zero-order chi connectivity index (χ0) is 11.3. The summed E-state index contributed by atoms with van der Waals surface area (Å²) in [5.41, 5.74) is 0. The summed E-state index contributed by atoms with van der Waals surface area (Å²) in [6.07, 6.45) is 3.20. The average molecular weight is 215 g/mol. The maximum absolute atomic E-state index is 11.1. The first-order chi connectivity index (χ1) is 7.13. The van der Waals surface area contributed by atoms with E-state index in [1.807, 2.05) is 7.05 Å². The van der Waals surface area contributed by atoms with Crippen LogP contribution in [0, 0.1) is 0 Å². The molecule has 0 saturated heterocycles. The van der Waals surface area contributed by atoms with Crippen molar-refractivity contribution >= 4 is 5.97 Å². The molecule has 88 valence electrons. The van der Waals surface area contributed by atoms with Gasteiger partial charge < -0.3 is 14.7 Å². The van der Waals surface area contributed by atoms with E-state index >= 15 is 0 Å². The van der Waals surface area contributed by atoms with Crippen molar-refractivity contribution in [2.45, 2.75) is 44.8 Å². The molecule has 0 aromatic carbocycles. The Balaban J connectivity index is 2.16. The molecule has 1 unspecified atom stereocenters. The quantitative estimate of drug-likeness (QED) is 0.665. The van der Waals surface area contributed by atoms with Crippen molar-refractivity contribution in [2.75, 3.05) is 20.2 Å². The number of esters is 1. The van der Waals surface area contributed by atoms with Crippen molar-refractivity contribution in [3.05, 3.63) is 0 Å². The molecule has 1 aliphatic carbocycles. The first kappa shape index (κ1) is 12.5. The lowest BCUT2D eigenvalue weighted by Gasteiger charge is -2.35. The topological polar surface area (TPSA) is 49.8 Å². The fraction of sp³-hybridized carbons (Fsp3) is 0.909. The van der Waals surface area contributed by atoms with Crippen LogP contribution in [0.3, 0.4) is 0 Å². The second-order valence-corrected chi connectivity index (χ2v) is 4.19. The van der Waals surface area contributed by atoms with Gasteiger partial charge in [-0.1, -0.05) is 6.42 Å². The minimum absolute atomic E-state index is 0.102. The van der Waals surface area contributed by atoms with Gasteiger partial charge in [0.1, 0.15) is 0 Å². The number of aliphatic hydroxyl groups is 1. The number of hydrogen-bond acceptors (Lipinski definition) is 4. The van der Waals surface area contributed by atoms with Crippen LogP contribution < -0.4 is 0 Å². The van der Waals surface area contributed by atoms with Crippen LogP contribution in [0.1, 0.15) is 32.6 Å². The van der Waals surface area contributed by atoms with Crippen molar-refractivity contribution in [1.29, 1.82) is 0 Å². The summed E-state index contributed by atoms with van der Waals surface area (Å²) in [5.74, 6) is -0.313. The van der Waals surface area contributed by atoms with E-state index in [1.165, 1.54) is 19.3 Å². The van der Waals surface area contributed by atoms with E-state index in [9.17, 15) is 9.90 Å². The van der Waals surface area contributed by atoms with Crippen molar-refractivity contribution in [1.82, 2.24) is 4.90 Å². The van der Waals surface area contributed by atoms with Crippen molar-refractivity contribution in [3.63, 3.8) is 0 Å². The fourth-order valence-corrected chi connectivity index (χ4v) is 1.79. The number of carbonyl (C=O) groups excluding carboxylic acids is 1. The van der Waals surface area contributed by atoms with E-state index < -0.39 is 6.10 Å². The standard InChI is InChI=1S/C11H21NO3/c1-3-15-11(14)7-10(13)8-12(2)9-5-4-6-9/h9-10,13H,3-8H2,1-2H3. The number of likely N-dealkylation sites (N-methyl/N-ethyl adjacent to an activating group) is 1. The van der Waals surface area contributed by atoms with Gasteiger partial charge in [-0.05, 0) is 26.8 Å². The monoisotopic (exact) mass is 215 g/mol. The number of carbonyl (C=O) groups is 1. The van der Waals surface area contributed by atoms with Crippen LogP contribution in [0.5, 0.6) is 0 Å². The number of ether oxygens (including phenoxy) is 1. The first-order valence-corrected chi connectivity index (χ1v) is 5.67. The molecule has 15 heavy (non-hydrogen) atoms. The average Bonchev–Trinajstić information content (AvgIpc) is 1.99. The van der Waals surface area contributed by atoms with Crippen LogP contribution in [-0.4, -0.2) is 48.3 Å². The van der Waals surface area contributed by atoms with E-state index in [-0.39, 0.29) is 12.4 Å². The summed E-state index contributed by atoms with van der Waals surface area (Å²) >= 11 is 0. The molecule has 1 aliphatic rings. The Bertz CT molecular complexity index is 204. The van der Waals surface area contributed by atoms with Gasteiger partial charge in [-0.15, -0.1) is 0 Å². The normalized spacial score (nSPS) is 18.7. The Kier molecular flexibility index (Phi) is 5.05. The Labute approximate surface area is 91.2 Å². The molecule has 0 amide bonds. The van der Waals surface area contributed by atoms with Crippen LogP contribution in [0.15, 0.2) is 0 Å². The molecular formula is C11H21NO3. The van der Waals surface area contributed by atoms with Crippen LogP contribution in [0.4, 0.5) is 0 Å². The van der Waals surface area contributed by atoms with E-state index in [2.05, 4.69) is 4.90 Å². The number of hydrogen-bond donors (Lipinski definition) is 1. The second kappa shape index (κ2) is 6.08. The van der Waals surface area contributed by atoms with Gasteiger partial charge in [0, 0.05) is 12.6 Å². The van der Waals surface area contributed by atoms with Crippen molar-refractivity contribution < 1.29 is 14.6 Å². The van der Waals surface area contributed by atoms with E-state index in [0.717, 1.165) is 0 Å². The summed E-state index contributed by atoms with van der Waals surface area (Å²) in [7, 11) is 2.00. The zero-order valence-corrected chi connectivity index (χ0v) is 9.61. The smallest absolute Gasteiger partial charge is 0.308 e. The van der Waals surface area contributed by atoms with Crippen molar-refractivity contribution in [3.8, 4) is 0 Å². The fourth-order valence-electron chi connectivity index (χ4n) is 1.79. The number of aliphatic hydroxyl groups excluding tert-OH is 1. The third-order valence-corrected chi connectivity index (χ3v) is 2.90. The van der Waals surface area contributed by atoms with Gasteiger partial charge in [0.2, 0.25) is 0 Å². The predicted octanol–water partition coefficient (Wildman–Crippen LogP) is 0.785. The SMILES string of the molecule is CCOC(=O)CC(O)CN(C)C1CCC1. The molecule has 0 spiro atoms. The number of rotatable bonds is 6. The third kappa shape index (κ3) is 4.18. The molecule has 0 aromatic rings. The van der Waals surface area contributed by atoms with Gasteiger partial charge >= 0.3 is 5.97 Å². The van der Waals surface area contributed by atoms with Gasteiger partial charge in [0.05, 0.1) is 19.1 Å². The van der Waals surface area contributed by atoms with Gasteiger partial charge in [0.15, 0.2) is 0 Å². The molecule has 0 aliphatic heterocycles. The molecule has 0 bridgehead atoms. The molecule has 0 aromatic heterocycles. The molecule has 1 saturated carbocycles. The largest absolute Gasteiger partial charge is 0.466 e. The summed E-state index contributed by atoms with van der Waals surface area (Å²) in [6.45, 7) is 2.71. The molecule has 1 atom stereocenters. The lowest BCUT2D eigenvalue weighted by atomic mass is 9.91. The third-order valence-electron chi connectivity index (χ3n) is 2.90. The lowest BCUT2D eigenvalue weighted by molar-refractivity contribution is -0.145. The zero-order valence-electron chi connectivity index (χ0n) is 9.61. The summed E-state index contributed by atoms with van der Waals surface area (Å²) in [4.78, 5) is 13.2. The van der Waals surface area contributed by atoms with Gasteiger partial charge in [0.25, 0.3) is 0 Å². The van der Waals surface area contributed by atoms with Gasteiger partial charge in [-0.25, -0.2) is 0 Å². The van der Waals surface area contributed by atoms with E-state index in [0.29, 0.717) is 19.2 Å². The Morgan fingerprint density at radius 2 is 2.27 bits per heavy atom. The predicted molar refractivity (Wildman–Crippen MR) is 57.5 cm³/mol. The highest BCUT2D eigenvalue weighted by Crippen LogP contribution is 2.23. The Morgan fingerprint density at radius 3 is 2.73 bits per heavy atom. The van der Waals surface area contributed by atoms with Gasteiger partial charge in [-0.2, -0.15) is 0 Å². The molecule has 1 N–H and O–H groups in total. The highest BCUT2D eigenvalue weighted by atomic mass is 16.5. The Morgan fingerprint density at radius 1 is 1.60 bits per heavy atom. The second-order valence-electron chi connectivity index (χ2n) is 4.19. The van der Waals surface area contributed by atoms with Crippen molar-refractivity contribution in [2.24, 2.45) is 0 Å². The minimum atomic E-state index is -0.602. The molecule has 1 fully saturated rings. The highest BCUT2D eigenvalue weighted by molar-refractivity contribution is 5.69. The van der Waals surface area contributed by atoms with Gasteiger partial charge in [-0.3, -0.25) is 4.79 Å².